The van der Waals surface area contributed by atoms with Gasteiger partial charge in [-0.25, -0.2) is 4.98 Å². The summed E-state index contributed by atoms with van der Waals surface area (Å²) < 4.78 is 15.8. The lowest BCUT2D eigenvalue weighted by Gasteiger charge is -2.21. The lowest BCUT2D eigenvalue weighted by Crippen LogP contribution is -2.32. The molecule has 0 fully saturated rings. The van der Waals surface area contributed by atoms with Crippen LogP contribution in [-0.4, -0.2) is 42.8 Å². The predicted octanol–water partition coefficient (Wildman–Crippen LogP) is 2.56. The molecule has 0 N–H and O–H groups in total. The van der Waals surface area contributed by atoms with Gasteiger partial charge in [0.2, 0.25) is 12.7 Å². The molecule has 0 aliphatic carbocycles. The maximum absolute atomic E-state index is 12.5. The molecule has 126 valence electrons. The maximum Gasteiger partial charge on any atom is 0.247 e. The first kappa shape index (κ1) is 16.5. The lowest BCUT2D eigenvalue weighted by molar-refractivity contribution is -0.127. The van der Waals surface area contributed by atoms with E-state index < -0.39 is 0 Å². The first-order valence-corrected chi connectivity index (χ1v) is 8.43. The van der Waals surface area contributed by atoms with Crippen molar-refractivity contribution in [2.24, 2.45) is 0 Å². The molecule has 7 heteroatoms. The SMILES string of the molecule is COCCN(Cc1ccc2c(c1)OCO2)C(=O)/C=C/c1cscn1. The average Bonchev–Trinajstić information content (AvgIpc) is 3.27. The van der Waals surface area contributed by atoms with Crippen LogP contribution in [0.2, 0.25) is 0 Å². The summed E-state index contributed by atoms with van der Waals surface area (Å²) in [7, 11) is 1.62. The zero-order valence-electron chi connectivity index (χ0n) is 13.3. The summed E-state index contributed by atoms with van der Waals surface area (Å²) in [6, 6.07) is 5.70. The molecular formula is C17H18N2O4S. The van der Waals surface area contributed by atoms with Crippen molar-refractivity contribution in [3.63, 3.8) is 0 Å². The van der Waals surface area contributed by atoms with Gasteiger partial charge >= 0.3 is 0 Å². The van der Waals surface area contributed by atoms with Gasteiger partial charge in [0.15, 0.2) is 11.5 Å². The molecule has 1 aromatic carbocycles. The highest BCUT2D eigenvalue weighted by Gasteiger charge is 2.16. The number of methoxy groups -OCH3 is 1. The molecule has 0 saturated heterocycles. The van der Waals surface area contributed by atoms with E-state index >= 15 is 0 Å². The number of nitrogens with zero attached hydrogens (tertiary/aromatic N) is 2. The van der Waals surface area contributed by atoms with E-state index in [1.807, 2.05) is 23.6 Å². The Morgan fingerprint density at radius 1 is 1.42 bits per heavy atom. The van der Waals surface area contributed by atoms with E-state index in [2.05, 4.69) is 4.98 Å². The molecule has 2 aromatic rings. The average molecular weight is 346 g/mol. The zero-order valence-corrected chi connectivity index (χ0v) is 14.1. The molecule has 0 spiro atoms. The van der Waals surface area contributed by atoms with Crippen LogP contribution in [0.4, 0.5) is 0 Å². The quantitative estimate of drug-likeness (QED) is 0.721. The number of rotatable bonds is 7. The first-order valence-electron chi connectivity index (χ1n) is 7.49. The minimum atomic E-state index is -0.0854. The topological polar surface area (TPSA) is 60.9 Å². The molecule has 0 unspecified atom stereocenters. The Bertz CT molecular complexity index is 715. The van der Waals surface area contributed by atoms with Crippen molar-refractivity contribution >= 4 is 23.3 Å². The van der Waals surface area contributed by atoms with Crippen molar-refractivity contribution in [3.8, 4) is 11.5 Å². The first-order chi connectivity index (χ1) is 11.8. The number of amides is 1. The normalized spacial score (nSPS) is 12.7. The Balaban J connectivity index is 1.69. The van der Waals surface area contributed by atoms with E-state index in [1.54, 1.807) is 23.6 Å². The summed E-state index contributed by atoms with van der Waals surface area (Å²) in [5.74, 6) is 1.36. The second-order valence-electron chi connectivity index (χ2n) is 5.19. The summed E-state index contributed by atoms with van der Waals surface area (Å²) in [6.07, 6.45) is 3.26. The summed E-state index contributed by atoms with van der Waals surface area (Å²) in [5, 5.41) is 1.89. The second-order valence-corrected chi connectivity index (χ2v) is 5.91. The van der Waals surface area contributed by atoms with Crippen LogP contribution < -0.4 is 9.47 Å². The number of aromatic nitrogens is 1. The van der Waals surface area contributed by atoms with E-state index in [1.165, 1.54) is 17.4 Å². The molecule has 0 bridgehead atoms. The Labute approximate surface area is 144 Å². The smallest absolute Gasteiger partial charge is 0.247 e. The number of carbonyl (C=O) groups is 1. The monoisotopic (exact) mass is 346 g/mol. The standard InChI is InChI=1S/C17H18N2O4S/c1-21-7-6-19(17(20)5-3-14-10-24-11-18-14)9-13-2-4-15-16(8-13)23-12-22-15/h2-5,8,10-11H,6-7,9,12H2,1H3/b5-3+. The Morgan fingerprint density at radius 3 is 3.08 bits per heavy atom. The van der Waals surface area contributed by atoms with Crippen molar-refractivity contribution < 1.29 is 19.0 Å². The van der Waals surface area contributed by atoms with Crippen molar-refractivity contribution in [1.29, 1.82) is 0 Å². The largest absolute Gasteiger partial charge is 0.454 e. The van der Waals surface area contributed by atoms with Crippen LogP contribution in [0.15, 0.2) is 35.2 Å². The molecule has 1 aliphatic rings. The summed E-state index contributed by atoms with van der Waals surface area (Å²) >= 11 is 1.49. The predicted molar refractivity (Wildman–Crippen MR) is 91.0 cm³/mol. The fourth-order valence-corrected chi connectivity index (χ4v) is 2.82. The third kappa shape index (κ3) is 4.12. The van der Waals surface area contributed by atoms with Gasteiger partial charge in [-0.15, -0.1) is 11.3 Å². The Kier molecular flexibility index (Phi) is 5.45. The number of benzene rings is 1. The van der Waals surface area contributed by atoms with Crippen molar-refractivity contribution in [1.82, 2.24) is 9.88 Å². The highest BCUT2D eigenvalue weighted by Crippen LogP contribution is 2.32. The minimum Gasteiger partial charge on any atom is -0.454 e. The van der Waals surface area contributed by atoms with Gasteiger partial charge in [0.25, 0.3) is 0 Å². The van der Waals surface area contributed by atoms with Crippen LogP contribution in [0.1, 0.15) is 11.3 Å². The zero-order chi connectivity index (χ0) is 16.8. The summed E-state index contributed by atoms with van der Waals surface area (Å²) in [6.45, 7) is 1.69. The maximum atomic E-state index is 12.5. The molecule has 2 heterocycles. The van der Waals surface area contributed by atoms with Crippen LogP contribution in [0.3, 0.4) is 0 Å². The summed E-state index contributed by atoms with van der Waals surface area (Å²) in [4.78, 5) is 18.4. The molecule has 3 rings (SSSR count). The van der Waals surface area contributed by atoms with Gasteiger partial charge in [-0.05, 0) is 23.8 Å². The fraction of sp³-hybridized carbons (Fsp3) is 0.294. The molecule has 6 nitrogen and oxygen atoms in total. The van der Waals surface area contributed by atoms with Crippen LogP contribution in [0.25, 0.3) is 6.08 Å². The summed E-state index contributed by atoms with van der Waals surface area (Å²) in [5.41, 5.74) is 3.49. The van der Waals surface area contributed by atoms with Gasteiger partial charge in [0.05, 0.1) is 17.8 Å². The van der Waals surface area contributed by atoms with Crippen molar-refractivity contribution in [3.05, 3.63) is 46.4 Å². The molecule has 1 aromatic heterocycles. The van der Waals surface area contributed by atoms with E-state index in [-0.39, 0.29) is 12.7 Å². The van der Waals surface area contributed by atoms with E-state index in [4.69, 9.17) is 14.2 Å². The highest BCUT2D eigenvalue weighted by molar-refractivity contribution is 7.07. The molecule has 0 atom stereocenters. The van der Waals surface area contributed by atoms with Gasteiger partial charge in [-0.2, -0.15) is 0 Å². The Morgan fingerprint density at radius 2 is 2.29 bits per heavy atom. The number of thiazole rings is 1. The van der Waals surface area contributed by atoms with Gasteiger partial charge in [-0.3, -0.25) is 4.79 Å². The van der Waals surface area contributed by atoms with Gasteiger partial charge < -0.3 is 19.1 Å². The molecule has 0 radical (unpaired) electrons. The molecule has 1 aliphatic heterocycles. The van der Waals surface area contributed by atoms with Crippen LogP contribution in [0, 0.1) is 0 Å². The molecular weight excluding hydrogens is 328 g/mol. The third-order valence-corrected chi connectivity index (χ3v) is 4.14. The number of hydrogen-bond donors (Lipinski definition) is 0. The number of carbonyl (C=O) groups excluding carboxylic acids is 1. The fourth-order valence-electron chi connectivity index (χ4n) is 2.29. The highest BCUT2D eigenvalue weighted by atomic mass is 32.1. The molecule has 24 heavy (non-hydrogen) atoms. The van der Waals surface area contributed by atoms with E-state index in [0.29, 0.717) is 25.4 Å². The van der Waals surface area contributed by atoms with Crippen molar-refractivity contribution in [2.45, 2.75) is 6.54 Å². The molecule has 0 saturated carbocycles. The van der Waals surface area contributed by atoms with E-state index in [0.717, 1.165) is 17.0 Å². The van der Waals surface area contributed by atoms with Gasteiger partial charge in [-0.1, -0.05) is 6.07 Å². The number of ether oxygens (including phenoxy) is 3. The van der Waals surface area contributed by atoms with Gasteiger partial charge in [0, 0.05) is 31.7 Å². The van der Waals surface area contributed by atoms with Crippen LogP contribution in [-0.2, 0) is 16.1 Å². The number of fused-ring (bicyclic) bond motifs is 1. The Hall–Kier alpha value is -2.38. The van der Waals surface area contributed by atoms with Crippen LogP contribution in [0.5, 0.6) is 11.5 Å². The van der Waals surface area contributed by atoms with Crippen molar-refractivity contribution in [2.75, 3.05) is 27.1 Å². The minimum absolute atomic E-state index is 0.0854. The number of hydrogen-bond acceptors (Lipinski definition) is 6. The van der Waals surface area contributed by atoms with Gasteiger partial charge in [0.1, 0.15) is 0 Å². The molecule has 1 amide bonds. The van der Waals surface area contributed by atoms with E-state index in [9.17, 15) is 4.79 Å². The second kappa shape index (κ2) is 7.94. The van der Waals surface area contributed by atoms with Crippen LogP contribution >= 0.6 is 11.3 Å². The third-order valence-electron chi connectivity index (χ3n) is 3.54. The lowest BCUT2D eigenvalue weighted by atomic mass is 10.2.